The predicted molar refractivity (Wildman–Crippen MR) is 120 cm³/mol. The van der Waals surface area contributed by atoms with E-state index in [2.05, 4.69) is 34.2 Å². The van der Waals surface area contributed by atoms with E-state index in [-0.39, 0.29) is 5.91 Å². The lowest BCUT2D eigenvalue weighted by atomic mass is 9.89. The molecule has 0 unspecified atom stereocenters. The Hall–Kier alpha value is -2.56. The van der Waals surface area contributed by atoms with Crippen LogP contribution < -0.4 is 15.0 Å². The molecular formula is C23H28N4O2S. The van der Waals surface area contributed by atoms with Crippen molar-refractivity contribution in [2.24, 2.45) is 5.92 Å². The number of carbonyl (C=O) groups is 1. The number of hydrogen-bond donors (Lipinski definition) is 1. The quantitative estimate of drug-likeness (QED) is 0.795. The van der Waals surface area contributed by atoms with Gasteiger partial charge in [-0.25, -0.2) is 0 Å². The summed E-state index contributed by atoms with van der Waals surface area (Å²) < 4.78 is 5.32. The van der Waals surface area contributed by atoms with Gasteiger partial charge < -0.3 is 15.0 Å². The number of nitrogens with zero attached hydrogens (tertiary/aromatic N) is 3. The maximum atomic E-state index is 12.7. The first-order chi connectivity index (χ1) is 14.6. The number of thiophene rings is 1. The Morgan fingerprint density at radius 1 is 1.33 bits per heavy atom. The first-order valence-corrected chi connectivity index (χ1v) is 11.3. The standard InChI is InChI=1S/C23H28N4O2S/c1-16-6-7-19-20(14-24)23(30-21(19)12-16)25-22(28)15-26-8-10-27(11-9-26)17-4-3-5-18(13-17)29-2/h3-5,13,16H,6-12,15H2,1-2H3,(H,25,28)/t16-/m1/s1. The van der Waals surface area contributed by atoms with Crippen LogP contribution in [0.4, 0.5) is 10.7 Å². The highest BCUT2D eigenvalue weighted by Crippen LogP contribution is 2.39. The molecule has 1 fully saturated rings. The molecule has 2 aliphatic rings. The summed E-state index contributed by atoms with van der Waals surface area (Å²) in [6.07, 6.45) is 3.07. The summed E-state index contributed by atoms with van der Waals surface area (Å²) in [5, 5.41) is 13.4. The van der Waals surface area contributed by atoms with E-state index < -0.39 is 0 Å². The minimum absolute atomic E-state index is 0.0343. The van der Waals surface area contributed by atoms with E-state index in [0.29, 0.717) is 18.0 Å². The van der Waals surface area contributed by atoms with Crippen LogP contribution in [0.5, 0.6) is 5.75 Å². The van der Waals surface area contributed by atoms with Gasteiger partial charge in [0, 0.05) is 42.8 Å². The molecule has 1 saturated heterocycles. The molecule has 0 radical (unpaired) electrons. The van der Waals surface area contributed by atoms with Crippen molar-refractivity contribution < 1.29 is 9.53 Å². The number of fused-ring (bicyclic) bond motifs is 1. The van der Waals surface area contributed by atoms with Gasteiger partial charge in [-0.05, 0) is 42.9 Å². The Balaban J connectivity index is 1.33. The molecule has 1 aliphatic heterocycles. The van der Waals surface area contributed by atoms with E-state index in [1.165, 1.54) is 4.88 Å². The summed E-state index contributed by atoms with van der Waals surface area (Å²) in [7, 11) is 1.68. The maximum absolute atomic E-state index is 12.7. The second-order valence-corrected chi connectivity index (χ2v) is 9.29. The van der Waals surface area contributed by atoms with Crippen molar-refractivity contribution in [3.63, 3.8) is 0 Å². The number of piperazine rings is 1. The van der Waals surface area contributed by atoms with Crippen LogP contribution >= 0.6 is 11.3 Å². The molecule has 1 aromatic heterocycles. The number of rotatable bonds is 5. The fourth-order valence-electron chi connectivity index (χ4n) is 4.30. The van der Waals surface area contributed by atoms with Crippen LogP contribution in [-0.4, -0.2) is 50.6 Å². The molecule has 1 N–H and O–H groups in total. The summed E-state index contributed by atoms with van der Waals surface area (Å²) >= 11 is 1.59. The van der Waals surface area contributed by atoms with Crippen LogP contribution in [-0.2, 0) is 17.6 Å². The molecule has 1 atom stereocenters. The molecule has 0 spiro atoms. The molecule has 1 amide bonds. The Morgan fingerprint density at radius 2 is 2.13 bits per heavy atom. The third-order valence-electron chi connectivity index (χ3n) is 6.03. The molecule has 2 heterocycles. The number of ether oxygens (including phenoxy) is 1. The van der Waals surface area contributed by atoms with Crippen LogP contribution in [0.15, 0.2) is 24.3 Å². The average Bonchev–Trinajstić information content (AvgIpc) is 3.09. The molecule has 0 bridgehead atoms. The van der Waals surface area contributed by atoms with E-state index in [0.717, 1.165) is 67.4 Å². The van der Waals surface area contributed by atoms with Crippen LogP contribution in [0.1, 0.15) is 29.3 Å². The average molecular weight is 425 g/mol. The second kappa shape index (κ2) is 9.07. The molecule has 2 aromatic rings. The van der Waals surface area contributed by atoms with Gasteiger partial charge >= 0.3 is 0 Å². The molecule has 158 valence electrons. The smallest absolute Gasteiger partial charge is 0.239 e. The molecule has 7 heteroatoms. The van der Waals surface area contributed by atoms with Crippen molar-refractivity contribution in [2.45, 2.75) is 26.2 Å². The monoisotopic (exact) mass is 424 g/mol. The van der Waals surface area contributed by atoms with Gasteiger partial charge in [0.05, 0.1) is 19.2 Å². The zero-order valence-electron chi connectivity index (χ0n) is 17.6. The zero-order valence-corrected chi connectivity index (χ0v) is 18.4. The third-order valence-corrected chi connectivity index (χ3v) is 7.20. The van der Waals surface area contributed by atoms with Crippen LogP contribution in [0, 0.1) is 17.2 Å². The van der Waals surface area contributed by atoms with Crippen LogP contribution in [0.3, 0.4) is 0 Å². The largest absolute Gasteiger partial charge is 0.497 e. The summed E-state index contributed by atoms with van der Waals surface area (Å²) in [4.78, 5) is 18.4. The molecule has 0 saturated carbocycles. The fourth-order valence-corrected chi connectivity index (χ4v) is 5.68. The third kappa shape index (κ3) is 4.45. The van der Waals surface area contributed by atoms with E-state index in [1.54, 1.807) is 18.4 Å². The van der Waals surface area contributed by atoms with E-state index in [4.69, 9.17) is 4.74 Å². The molecule has 1 aromatic carbocycles. The predicted octanol–water partition coefficient (Wildman–Crippen LogP) is 3.51. The van der Waals surface area contributed by atoms with Crippen molar-refractivity contribution in [1.29, 1.82) is 5.26 Å². The van der Waals surface area contributed by atoms with Gasteiger partial charge in [-0.2, -0.15) is 5.26 Å². The van der Waals surface area contributed by atoms with Crippen molar-refractivity contribution in [3.05, 3.63) is 40.3 Å². The Morgan fingerprint density at radius 3 is 2.87 bits per heavy atom. The number of benzene rings is 1. The van der Waals surface area contributed by atoms with Crippen molar-refractivity contribution >= 4 is 27.9 Å². The number of carbonyl (C=O) groups excluding carboxylic acids is 1. The molecule has 6 nitrogen and oxygen atoms in total. The topological polar surface area (TPSA) is 68.6 Å². The summed E-state index contributed by atoms with van der Waals surface area (Å²) in [5.41, 5.74) is 2.98. The Bertz CT molecular complexity index is 957. The summed E-state index contributed by atoms with van der Waals surface area (Å²) in [6.45, 7) is 6.00. The van der Waals surface area contributed by atoms with E-state index in [9.17, 15) is 10.1 Å². The van der Waals surface area contributed by atoms with Gasteiger partial charge in [0.1, 0.15) is 16.8 Å². The number of methoxy groups -OCH3 is 1. The zero-order chi connectivity index (χ0) is 21.1. The first kappa shape index (κ1) is 20.7. The minimum atomic E-state index is -0.0343. The van der Waals surface area contributed by atoms with Gasteiger partial charge in [-0.15, -0.1) is 11.3 Å². The maximum Gasteiger partial charge on any atom is 0.239 e. The molecule has 1 aliphatic carbocycles. The van der Waals surface area contributed by atoms with Crippen molar-refractivity contribution in [2.75, 3.05) is 50.1 Å². The lowest BCUT2D eigenvalue weighted by Gasteiger charge is -2.35. The first-order valence-electron chi connectivity index (χ1n) is 10.5. The van der Waals surface area contributed by atoms with Crippen LogP contribution in [0.25, 0.3) is 0 Å². The van der Waals surface area contributed by atoms with Crippen molar-refractivity contribution in [3.8, 4) is 11.8 Å². The van der Waals surface area contributed by atoms with E-state index >= 15 is 0 Å². The highest BCUT2D eigenvalue weighted by Gasteiger charge is 2.25. The minimum Gasteiger partial charge on any atom is -0.497 e. The van der Waals surface area contributed by atoms with Gasteiger partial charge in [0.2, 0.25) is 5.91 Å². The molecule has 4 rings (SSSR count). The normalized spacial score (nSPS) is 19.1. The number of amides is 1. The number of nitrogens with one attached hydrogen (secondary N) is 1. The van der Waals surface area contributed by atoms with Gasteiger partial charge in [0.15, 0.2) is 0 Å². The van der Waals surface area contributed by atoms with Gasteiger partial charge in [-0.1, -0.05) is 13.0 Å². The van der Waals surface area contributed by atoms with E-state index in [1.807, 2.05) is 18.2 Å². The number of hydrogen-bond acceptors (Lipinski definition) is 6. The second-order valence-electron chi connectivity index (χ2n) is 8.18. The SMILES string of the molecule is COc1cccc(N2CCN(CC(=O)Nc3sc4c(c3C#N)CC[C@@H](C)C4)CC2)c1. The Labute approximate surface area is 182 Å². The Kier molecular flexibility index (Phi) is 6.26. The lowest BCUT2D eigenvalue weighted by molar-refractivity contribution is -0.117. The fraction of sp³-hybridized carbons (Fsp3) is 0.478. The number of anilines is 2. The highest BCUT2D eigenvalue weighted by atomic mass is 32.1. The summed E-state index contributed by atoms with van der Waals surface area (Å²) in [6, 6.07) is 10.4. The van der Waals surface area contributed by atoms with Gasteiger partial charge in [-0.3, -0.25) is 9.69 Å². The highest BCUT2D eigenvalue weighted by molar-refractivity contribution is 7.16. The lowest BCUT2D eigenvalue weighted by Crippen LogP contribution is -2.48. The molecular weight excluding hydrogens is 396 g/mol. The number of nitriles is 1. The van der Waals surface area contributed by atoms with Gasteiger partial charge in [0.25, 0.3) is 0 Å². The van der Waals surface area contributed by atoms with Crippen molar-refractivity contribution in [1.82, 2.24) is 4.90 Å². The molecule has 30 heavy (non-hydrogen) atoms. The van der Waals surface area contributed by atoms with Crippen LogP contribution in [0.2, 0.25) is 0 Å². The summed E-state index contributed by atoms with van der Waals surface area (Å²) in [5.74, 6) is 1.47.